The highest BCUT2D eigenvalue weighted by atomic mass is 32.2. The Morgan fingerprint density at radius 2 is 2.21 bits per heavy atom. The molecule has 2 nitrogen and oxygen atoms in total. The van der Waals surface area contributed by atoms with Crippen molar-refractivity contribution in [3.8, 4) is 0 Å². The molecule has 0 aromatic carbocycles. The van der Waals surface area contributed by atoms with Gasteiger partial charge < -0.3 is 4.74 Å². The van der Waals surface area contributed by atoms with E-state index in [-0.39, 0.29) is 5.72 Å². The van der Waals surface area contributed by atoms with Gasteiger partial charge in [0.1, 0.15) is 5.72 Å². The Morgan fingerprint density at radius 1 is 1.43 bits per heavy atom. The van der Waals surface area contributed by atoms with Crippen molar-refractivity contribution in [2.24, 2.45) is 0 Å². The smallest absolute Gasteiger partial charge is 0.121 e. The van der Waals surface area contributed by atoms with Crippen molar-refractivity contribution in [2.45, 2.75) is 50.8 Å². The van der Waals surface area contributed by atoms with E-state index in [1.54, 1.807) is 0 Å². The third-order valence-electron chi connectivity index (χ3n) is 3.25. The van der Waals surface area contributed by atoms with Crippen LogP contribution in [0.3, 0.4) is 0 Å². The first-order valence-electron chi connectivity index (χ1n) is 5.84. The molecule has 0 aromatic rings. The van der Waals surface area contributed by atoms with Crippen molar-refractivity contribution >= 4 is 11.8 Å². The van der Waals surface area contributed by atoms with Gasteiger partial charge in [-0.3, -0.25) is 5.32 Å². The molecule has 1 atom stereocenters. The maximum atomic E-state index is 5.96. The molecule has 2 fully saturated rings. The van der Waals surface area contributed by atoms with Gasteiger partial charge in [0.25, 0.3) is 0 Å². The Balaban J connectivity index is 1.91. The van der Waals surface area contributed by atoms with E-state index in [0.29, 0.717) is 6.04 Å². The fraction of sp³-hybridized carbons (Fsp3) is 1.00. The summed E-state index contributed by atoms with van der Waals surface area (Å²) in [5, 5.41) is 3.73. The molecule has 2 rings (SSSR count). The van der Waals surface area contributed by atoms with Crippen LogP contribution >= 0.6 is 11.8 Å². The van der Waals surface area contributed by atoms with E-state index < -0.39 is 0 Å². The topological polar surface area (TPSA) is 21.3 Å². The Morgan fingerprint density at radius 3 is 2.93 bits per heavy atom. The molecule has 2 aliphatic rings. The van der Waals surface area contributed by atoms with E-state index >= 15 is 0 Å². The van der Waals surface area contributed by atoms with Crippen LogP contribution < -0.4 is 5.32 Å². The standard InChI is InChI=1S/C11H21NOS/c1-2-3-10-4-7-13-11(12-10)5-8-14-9-6-11/h10,12H,2-9H2,1H3. The molecule has 14 heavy (non-hydrogen) atoms. The van der Waals surface area contributed by atoms with Gasteiger partial charge in [-0.1, -0.05) is 13.3 Å². The Labute approximate surface area is 91.2 Å². The van der Waals surface area contributed by atoms with Crippen LogP contribution in [0.15, 0.2) is 0 Å². The zero-order valence-electron chi connectivity index (χ0n) is 9.05. The number of thioether (sulfide) groups is 1. The van der Waals surface area contributed by atoms with Crippen LogP contribution in [0.25, 0.3) is 0 Å². The summed E-state index contributed by atoms with van der Waals surface area (Å²) < 4.78 is 5.96. The Bertz CT molecular complexity index is 173. The summed E-state index contributed by atoms with van der Waals surface area (Å²) in [6.07, 6.45) is 6.17. The summed E-state index contributed by atoms with van der Waals surface area (Å²) >= 11 is 2.06. The second-order valence-corrected chi connectivity index (χ2v) is 5.60. The predicted molar refractivity (Wildman–Crippen MR) is 61.7 cm³/mol. The van der Waals surface area contributed by atoms with Gasteiger partial charge in [0, 0.05) is 6.04 Å². The van der Waals surface area contributed by atoms with Crippen molar-refractivity contribution in [3.05, 3.63) is 0 Å². The van der Waals surface area contributed by atoms with Crippen molar-refractivity contribution < 1.29 is 4.74 Å². The van der Waals surface area contributed by atoms with Crippen molar-refractivity contribution in [2.75, 3.05) is 18.1 Å². The zero-order chi connectivity index (χ0) is 9.86. The van der Waals surface area contributed by atoms with E-state index in [4.69, 9.17) is 4.74 Å². The number of hydrogen-bond donors (Lipinski definition) is 1. The molecule has 1 spiro atoms. The molecule has 0 aromatic heterocycles. The first-order chi connectivity index (χ1) is 6.85. The molecule has 0 radical (unpaired) electrons. The molecule has 1 N–H and O–H groups in total. The number of ether oxygens (including phenoxy) is 1. The fourth-order valence-electron chi connectivity index (χ4n) is 2.44. The molecule has 3 heteroatoms. The number of rotatable bonds is 2. The molecule has 2 saturated heterocycles. The van der Waals surface area contributed by atoms with E-state index in [2.05, 4.69) is 24.0 Å². The lowest BCUT2D eigenvalue weighted by Crippen LogP contribution is -2.58. The van der Waals surface area contributed by atoms with E-state index in [9.17, 15) is 0 Å². The minimum atomic E-state index is 0.0589. The van der Waals surface area contributed by atoms with Gasteiger partial charge >= 0.3 is 0 Å². The summed E-state index contributed by atoms with van der Waals surface area (Å²) in [7, 11) is 0. The minimum Gasteiger partial charge on any atom is -0.361 e. The van der Waals surface area contributed by atoms with E-state index in [1.165, 1.54) is 43.6 Å². The van der Waals surface area contributed by atoms with Gasteiger partial charge in [0.15, 0.2) is 0 Å². The maximum absolute atomic E-state index is 5.96. The fourth-order valence-corrected chi connectivity index (χ4v) is 3.59. The van der Waals surface area contributed by atoms with E-state index in [0.717, 1.165) is 6.61 Å². The van der Waals surface area contributed by atoms with Crippen LogP contribution in [0, 0.1) is 0 Å². The van der Waals surface area contributed by atoms with Gasteiger partial charge in [-0.05, 0) is 37.2 Å². The van der Waals surface area contributed by atoms with Crippen molar-refractivity contribution in [1.82, 2.24) is 5.32 Å². The highest BCUT2D eigenvalue weighted by Crippen LogP contribution is 2.31. The van der Waals surface area contributed by atoms with Gasteiger partial charge in [0.2, 0.25) is 0 Å². The van der Waals surface area contributed by atoms with E-state index in [1.807, 2.05) is 0 Å². The highest BCUT2D eigenvalue weighted by Gasteiger charge is 2.37. The molecule has 82 valence electrons. The second kappa shape index (κ2) is 4.86. The normalized spacial score (nSPS) is 31.9. The van der Waals surface area contributed by atoms with Crippen LogP contribution in [0.1, 0.15) is 39.0 Å². The van der Waals surface area contributed by atoms with Crippen LogP contribution in [0.4, 0.5) is 0 Å². The average molecular weight is 215 g/mol. The summed E-state index contributed by atoms with van der Waals surface area (Å²) in [5.41, 5.74) is 0.0589. The predicted octanol–water partition coefficient (Wildman–Crippen LogP) is 2.39. The zero-order valence-corrected chi connectivity index (χ0v) is 9.87. The SMILES string of the molecule is CCCC1CCOC2(CCSCC2)N1. The highest BCUT2D eigenvalue weighted by molar-refractivity contribution is 7.99. The molecular formula is C11H21NOS. The second-order valence-electron chi connectivity index (χ2n) is 4.37. The molecule has 0 bridgehead atoms. The maximum Gasteiger partial charge on any atom is 0.121 e. The monoisotopic (exact) mass is 215 g/mol. The molecule has 2 heterocycles. The lowest BCUT2D eigenvalue weighted by atomic mass is 9.99. The number of nitrogens with one attached hydrogen (secondary N) is 1. The Kier molecular flexibility index (Phi) is 3.74. The summed E-state index contributed by atoms with van der Waals surface area (Å²) in [5.74, 6) is 2.51. The molecule has 0 aliphatic carbocycles. The number of hydrogen-bond acceptors (Lipinski definition) is 3. The quantitative estimate of drug-likeness (QED) is 0.764. The molecule has 1 unspecified atom stereocenters. The molecule has 0 amide bonds. The van der Waals surface area contributed by atoms with Crippen molar-refractivity contribution in [3.63, 3.8) is 0 Å². The first kappa shape index (κ1) is 10.8. The van der Waals surface area contributed by atoms with Gasteiger partial charge in [-0.15, -0.1) is 0 Å². The van der Waals surface area contributed by atoms with Crippen LogP contribution in [0.2, 0.25) is 0 Å². The van der Waals surface area contributed by atoms with Crippen molar-refractivity contribution in [1.29, 1.82) is 0 Å². The average Bonchev–Trinajstić information content (AvgIpc) is 2.19. The Hall–Kier alpha value is 0.270. The van der Waals surface area contributed by atoms with Gasteiger partial charge in [-0.25, -0.2) is 0 Å². The first-order valence-corrected chi connectivity index (χ1v) is 6.99. The lowest BCUT2D eigenvalue weighted by Gasteiger charge is -2.44. The van der Waals surface area contributed by atoms with Crippen LogP contribution in [-0.4, -0.2) is 29.9 Å². The summed E-state index contributed by atoms with van der Waals surface area (Å²) in [6.45, 7) is 3.23. The molecule has 0 saturated carbocycles. The molecular weight excluding hydrogens is 194 g/mol. The van der Waals surface area contributed by atoms with Crippen LogP contribution in [0.5, 0.6) is 0 Å². The third kappa shape index (κ3) is 2.44. The van der Waals surface area contributed by atoms with Gasteiger partial charge in [-0.2, -0.15) is 11.8 Å². The molecule has 2 aliphatic heterocycles. The minimum absolute atomic E-state index is 0.0589. The summed E-state index contributed by atoms with van der Waals surface area (Å²) in [4.78, 5) is 0. The third-order valence-corrected chi connectivity index (χ3v) is 4.24. The van der Waals surface area contributed by atoms with Crippen LogP contribution in [-0.2, 0) is 4.74 Å². The summed E-state index contributed by atoms with van der Waals surface area (Å²) in [6, 6.07) is 0.705. The van der Waals surface area contributed by atoms with Gasteiger partial charge in [0.05, 0.1) is 6.61 Å². The largest absolute Gasteiger partial charge is 0.361 e. The lowest BCUT2D eigenvalue weighted by molar-refractivity contribution is -0.115.